The molecule has 0 aromatic heterocycles. The molecule has 0 saturated heterocycles. The zero-order chi connectivity index (χ0) is 14.7. The lowest BCUT2D eigenvalue weighted by Crippen LogP contribution is -2.40. The van der Waals surface area contributed by atoms with E-state index in [1.54, 1.807) is 0 Å². The van der Waals surface area contributed by atoms with Crippen LogP contribution in [0, 0.1) is 17.6 Å². The third-order valence-corrected chi connectivity index (χ3v) is 2.74. The highest BCUT2D eigenvalue weighted by Gasteiger charge is 2.24. The second kappa shape index (κ2) is 5.99. The van der Waals surface area contributed by atoms with Gasteiger partial charge >= 0.3 is 0 Å². The minimum absolute atomic E-state index is 0.0983. The number of nitrogens with zero attached hydrogens (tertiary/aromatic N) is 1. The Kier molecular flexibility index (Phi) is 4.86. The van der Waals surface area contributed by atoms with Gasteiger partial charge in [-0.15, -0.1) is 0 Å². The molecule has 0 fully saturated rings. The number of carbonyl (C=O) groups is 1. The molecule has 0 atom stereocenters. The van der Waals surface area contributed by atoms with Gasteiger partial charge in [0.15, 0.2) is 5.82 Å². The maximum absolute atomic E-state index is 13.9. The second-order valence-corrected chi connectivity index (χ2v) is 5.30. The van der Waals surface area contributed by atoms with E-state index in [2.05, 4.69) is 0 Å². The van der Waals surface area contributed by atoms with Crippen molar-refractivity contribution in [2.45, 2.75) is 33.7 Å². The van der Waals surface area contributed by atoms with Crippen molar-refractivity contribution in [2.75, 3.05) is 12.3 Å². The summed E-state index contributed by atoms with van der Waals surface area (Å²) < 4.78 is 27.1. The summed E-state index contributed by atoms with van der Waals surface area (Å²) in [5.41, 5.74) is 4.69. The number of benzene rings is 1. The highest BCUT2D eigenvalue weighted by molar-refractivity contribution is 5.95. The van der Waals surface area contributed by atoms with E-state index >= 15 is 0 Å². The Bertz CT molecular complexity index is 473. The first-order valence-electron chi connectivity index (χ1n) is 6.29. The van der Waals surface area contributed by atoms with Crippen LogP contribution < -0.4 is 5.73 Å². The van der Waals surface area contributed by atoms with Gasteiger partial charge in [0, 0.05) is 12.6 Å². The van der Waals surface area contributed by atoms with E-state index in [-0.39, 0.29) is 23.2 Å². The summed E-state index contributed by atoms with van der Waals surface area (Å²) in [6, 6.07) is 1.66. The molecule has 0 unspecified atom stereocenters. The predicted molar refractivity (Wildman–Crippen MR) is 71.8 cm³/mol. The van der Waals surface area contributed by atoms with Crippen molar-refractivity contribution in [3.8, 4) is 0 Å². The molecule has 5 heteroatoms. The average Bonchev–Trinajstić information content (AvgIpc) is 2.29. The quantitative estimate of drug-likeness (QED) is 0.855. The fourth-order valence-electron chi connectivity index (χ4n) is 1.84. The molecule has 0 radical (unpaired) electrons. The summed E-state index contributed by atoms with van der Waals surface area (Å²) in [5.74, 6) is -1.87. The smallest absolute Gasteiger partial charge is 0.257 e. The molecule has 0 spiro atoms. The third kappa shape index (κ3) is 3.66. The van der Waals surface area contributed by atoms with Crippen LogP contribution in [0.4, 0.5) is 14.5 Å². The topological polar surface area (TPSA) is 46.3 Å². The molecule has 0 bridgehead atoms. The number of anilines is 1. The second-order valence-electron chi connectivity index (χ2n) is 5.30. The number of nitrogen functional groups attached to an aromatic ring is 1. The number of hydrogen-bond acceptors (Lipinski definition) is 2. The Balaban J connectivity index is 3.16. The summed E-state index contributed by atoms with van der Waals surface area (Å²) >= 11 is 0. The van der Waals surface area contributed by atoms with Crippen molar-refractivity contribution >= 4 is 11.6 Å². The lowest BCUT2D eigenvalue weighted by Gasteiger charge is -2.28. The molecule has 1 aromatic carbocycles. The molecule has 1 rings (SSSR count). The number of carbonyl (C=O) groups excluding carboxylic acids is 1. The van der Waals surface area contributed by atoms with Crippen LogP contribution in [0.15, 0.2) is 12.1 Å². The Morgan fingerprint density at radius 1 is 1.26 bits per heavy atom. The predicted octanol–water partition coefficient (Wildman–Crippen LogP) is 3.05. The number of amides is 1. The zero-order valence-corrected chi connectivity index (χ0v) is 11.7. The van der Waals surface area contributed by atoms with Gasteiger partial charge in [-0.05, 0) is 31.9 Å². The van der Waals surface area contributed by atoms with Crippen LogP contribution in [0.1, 0.15) is 38.1 Å². The summed E-state index contributed by atoms with van der Waals surface area (Å²) in [5, 5.41) is 0. The molecule has 0 aliphatic carbocycles. The summed E-state index contributed by atoms with van der Waals surface area (Å²) in [6.45, 7) is 8.06. The molecule has 0 aliphatic heterocycles. The van der Waals surface area contributed by atoms with Gasteiger partial charge in [0.2, 0.25) is 0 Å². The summed E-state index contributed by atoms with van der Waals surface area (Å²) in [6.07, 6.45) is 0. The minimum Gasteiger partial charge on any atom is -0.396 e. The zero-order valence-electron chi connectivity index (χ0n) is 11.7. The van der Waals surface area contributed by atoms with Crippen LogP contribution >= 0.6 is 0 Å². The number of hydrogen-bond donors (Lipinski definition) is 1. The molecule has 1 amide bonds. The van der Waals surface area contributed by atoms with Crippen molar-refractivity contribution < 1.29 is 13.6 Å². The van der Waals surface area contributed by atoms with E-state index in [1.807, 2.05) is 27.7 Å². The van der Waals surface area contributed by atoms with E-state index in [9.17, 15) is 13.6 Å². The number of nitrogens with two attached hydrogens (primary N) is 1. The fourth-order valence-corrected chi connectivity index (χ4v) is 1.84. The van der Waals surface area contributed by atoms with Gasteiger partial charge in [0.25, 0.3) is 5.91 Å². The van der Waals surface area contributed by atoms with E-state index in [0.717, 1.165) is 12.1 Å². The minimum atomic E-state index is -0.860. The van der Waals surface area contributed by atoms with Crippen LogP contribution in [0.25, 0.3) is 0 Å². The van der Waals surface area contributed by atoms with Crippen LogP contribution in [0.3, 0.4) is 0 Å². The van der Waals surface area contributed by atoms with Gasteiger partial charge in [-0.2, -0.15) is 0 Å². The van der Waals surface area contributed by atoms with E-state index in [0.29, 0.717) is 6.54 Å². The fraction of sp³-hybridized carbons (Fsp3) is 0.500. The largest absolute Gasteiger partial charge is 0.396 e. The SMILES string of the molecule is CC(C)CN(C(=O)c1cc(F)cc(N)c1F)C(C)C. The van der Waals surface area contributed by atoms with Crippen LogP contribution in [0.2, 0.25) is 0 Å². The van der Waals surface area contributed by atoms with Crippen molar-refractivity contribution in [1.82, 2.24) is 4.90 Å². The summed E-state index contributed by atoms with van der Waals surface area (Å²) in [7, 11) is 0. The molecule has 0 saturated carbocycles. The van der Waals surface area contributed by atoms with Gasteiger partial charge in [0.05, 0.1) is 11.3 Å². The standard InChI is InChI=1S/C14H20F2N2O/c1-8(2)7-18(9(3)4)14(19)11-5-10(15)6-12(17)13(11)16/h5-6,8-9H,7,17H2,1-4H3. The first-order valence-corrected chi connectivity index (χ1v) is 6.29. The Morgan fingerprint density at radius 3 is 2.32 bits per heavy atom. The molecular formula is C14H20F2N2O. The average molecular weight is 270 g/mol. The van der Waals surface area contributed by atoms with Gasteiger partial charge in [0.1, 0.15) is 5.82 Å². The first-order chi connectivity index (χ1) is 8.73. The Labute approximate surface area is 112 Å². The molecule has 106 valence electrons. The molecule has 1 aromatic rings. The Morgan fingerprint density at radius 2 is 1.84 bits per heavy atom. The molecule has 3 nitrogen and oxygen atoms in total. The highest BCUT2D eigenvalue weighted by atomic mass is 19.1. The number of halogens is 2. The van der Waals surface area contributed by atoms with E-state index in [4.69, 9.17) is 5.73 Å². The molecule has 2 N–H and O–H groups in total. The van der Waals surface area contributed by atoms with Crippen LogP contribution in [-0.4, -0.2) is 23.4 Å². The van der Waals surface area contributed by atoms with Crippen molar-refractivity contribution in [1.29, 1.82) is 0 Å². The van der Waals surface area contributed by atoms with Gasteiger partial charge in [-0.25, -0.2) is 8.78 Å². The van der Waals surface area contributed by atoms with Gasteiger partial charge < -0.3 is 10.6 Å². The van der Waals surface area contributed by atoms with Crippen molar-refractivity contribution in [2.24, 2.45) is 5.92 Å². The van der Waals surface area contributed by atoms with E-state index in [1.165, 1.54) is 4.90 Å². The maximum Gasteiger partial charge on any atom is 0.257 e. The number of rotatable bonds is 4. The maximum atomic E-state index is 13.9. The van der Waals surface area contributed by atoms with Crippen molar-refractivity contribution in [3.63, 3.8) is 0 Å². The van der Waals surface area contributed by atoms with Crippen molar-refractivity contribution in [3.05, 3.63) is 29.3 Å². The highest BCUT2D eigenvalue weighted by Crippen LogP contribution is 2.20. The summed E-state index contributed by atoms with van der Waals surface area (Å²) in [4.78, 5) is 13.8. The molecule has 0 heterocycles. The molecule has 19 heavy (non-hydrogen) atoms. The van der Waals surface area contributed by atoms with Crippen LogP contribution in [-0.2, 0) is 0 Å². The monoisotopic (exact) mass is 270 g/mol. The molecule has 0 aliphatic rings. The van der Waals surface area contributed by atoms with E-state index < -0.39 is 17.5 Å². The molecular weight excluding hydrogens is 250 g/mol. The first kappa shape index (κ1) is 15.4. The third-order valence-electron chi connectivity index (χ3n) is 2.74. The van der Waals surface area contributed by atoms with Crippen LogP contribution in [0.5, 0.6) is 0 Å². The van der Waals surface area contributed by atoms with Gasteiger partial charge in [-0.3, -0.25) is 4.79 Å². The Hall–Kier alpha value is -1.65. The van der Waals surface area contributed by atoms with Gasteiger partial charge in [-0.1, -0.05) is 13.8 Å². The lowest BCUT2D eigenvalue weighted by atomic mass is 10.1. The lowest BCUT2D eigenvalue weighted by molar-refractivity contribution is 0.0676. The normalized spacial score (nSPS) is 11.2.